The average molecular weight is 464 g/mol. The molecule has 0 amide bonds. The van der Waals surface area contributed by atoms with Crippen LogP contribution in [-0.2, 0) is 9.84 Å². The Bertz CT molecular complexity index is 1590. The number of aromatic nitrogens is 4. The van der Waals surface area contributed by atoms with Crippen molar-refractivity contribution in [3.63, 3.8) is 0 Å². The Morgan fingerprint density at radius 3 is 2.50 bits per heavy atom. The summed E-state index contributed by atoms with van der Waals surface area (Å²) in [5, 5.41) is 12.6. The molecule has 0 spiro atoms. The maximum atomic E-state index is 13.5. The number of hydrogen-bond donors (Lipinski definition) is 1. The molecule has 0 fully saturated rings. The number of anilines is 2. The Hall–Kier alpha value is -3.49. The zero-order valence-corrected chi connectivity index (χ0v) is 18.8. The van der Waals surface area contributed by atoms with E-state index in [9.17, 15) is 8.42 Å². The van der Waals surface area contributed by atoms with E-state index in [4.69, 9.17) is 11.6 Å². The maximum Gasteiger partial charge on any atom is 0.229 e. The molecule has 32 heavy (non-hydrogen) atoms. The predicted octanol–water partition coefficient (Wildman–Crippen LogP) is 5.12. The molecule has 2 heterocycles. The van der Waals surface area contributed by atoms with E-state index in [2.05, 4.69) is 20.6 Å². The number of rotatable bonds is 4. The monoisotopic (exact) mass is 463 g/mol. The summed E-state index contributed by atoms with van der Waals surface area (Å²) in [4.78, 5) is 4.84. The summed E-state index contributed by atoms with van der Waals surface area (Å²) in [6, 6.07) is 20.0. The fourth-order valence-electron chi connectivity index (χ4n) is 3.59. The standard InChI is InChI=1S/C23H18ClN5O2S/c1-14-7-8-15(2)20(13-14)32(30,31)23-22-26-21(25-17-11-9-16(24)10-12-17)18-5-3-4-6-19(18)29(22)28-27-23/h3-13H,1-2H3,(H,25,26). The molecule has 0 saturated heterocycles. The smallest absolute Gasteiger partial charge is 0.229 e. The highest BCUT2D eigenvalue weighted by molar-refractivity contribution is 7.91. The van der Waals surface area contributed by atoms with Gasteiger partial charge in [-0.25, -0.2) is 13.4 Å². The summed E-state index contributed by atoms with van der Waals surface area (Å²) in [6.07, 6.45) is 0. The van der Waals surface area contributed by atoms with Gasteiger partial charge in [0.05, 0.1) is 10.4 Å². The molecule has 0 bridgehead atoms. The molecule has 3 aromatic carbocycles. The summed E-state index contributed by atoms with van der Waals surface area (Å²) in [5.74, 6) is 0.495. The highest BCUT2D eigenvalue weighted by Gasteiger charge is 2.28. The van der Waals surface area contributed by atoms with E-state index < -0.39 is 9.84 Å². The molecular weight excluding hydrogens is 446 g/mol. The van der Waals surface area contributed by atoms with Crippen molar-refractivity contribution in [1.29, 1.82) is 0 Å². The summed E-state index contributed by atoms with van der Waals surface area (Å²) in [6.45, 7) is 3.61. The fourth-order valence-corrected chi connectivity index (χ4v) is 5.27. The van der Waals surface area contributed by atoms with Crippen LogP contribution in [0, 0.1) is 13.8 Å². The van der Waals surface area contributed by atoms with Crippen LogP contribution >= 0.6 is 11.6 Å². The van der Waals surface area contributed by atoms with Gasteiger partial charge >= 0.3 is 0 Å². The minimum absolute atomic E-state index is 0.154. The van der Waals surface area contributed by atoms with Gasteiger partial charge in [0.15, 0.2) is 5.65 Å². The lowest BCUT2D eigenvalue weighted by molar-refractivity contribution is 0.592. The van der Waals surface area contributed by atoms with E-state index in [0.29, 0.717) is 21.9 Å². The van der Waals surface area contributed by atoms with Crippen LogP contribution in [0.5, 0.6) is 0 Å². The highest BCUT2D eigenvalue weighted by Crippen LogP contribution is 2.31. The Labute approximate surface area is 189 Å². The van der Waals surface area contributed by atoms with E-state index in [1.54, 1.807) is 31.2 Å². The molecule has 0 saturated carbocycles. The molecule has 0 unspecified atom stereocenters. The lowest BCUT2D eigenvalue weighted by atomic mass is 10.2. The van der Waals surface area contributed by atoms with Crippen molar-refractivity contribution in [2.75, 3.05) is 5.32 Å². The van der Waals surface area contributed by atoms with E-state index >= 15 is 0 Å². The second-order valence-corrected chi connectivity index (χ2v) is 9.78. The number of nitrogens with zero attached hydrogens (tertiary/aromatic N) is 4. The summed E-state index contributed by atoms with van der Waals surface area (Å²) < 4.78 is 28.5. The first kappa shape index (κ1) is 20.4. The van der Waals surface area contributed by atoms with Crippen LogP contribution in [0.3, 0.4) is 0 Å². The number of hydrogen-bond acceptors (Lipinski definition) is 6. The number of aryl methyl sites for hydroxylation is 2. The Morgan fingerprint density at radius 2 is 1.72 bits per heavy atom. The van der Waals surface area contributed by atoms with Crippen LogP contribution in [0.1, 0.15) is 11.1 Å². The van der Waals surface area contributed by atoms with Gasteiger partial charge in [0.1, 0.15) is 5.82 Å². The van der Waals surface area contributed by atoms with E-state index in [-0.39, 0.29) is 15.6 Å². The number of sulfone groups is 1. The molecule has 0 aliphatic heterocycles. The van der Waals surface area contributed by atoms with Crippen LogP contribution < -0.4 is 5.32 Å². The molecule has 0 aliphatic rings. The minimum Gasteiger partial charge on any atom is -0.340 e. The van der Waals surface area contributed by atoms with Crippen molar-refractivity contribution in [2.24, 2.45) is 0 Å². The number of para-hydroxylation sites is 1. The highest BCUT2D eigenvalue weighted by atomic mass is 35.5. The Morgan fingerprint density at radius 1 is 0.969 bits per heavy atom. The first-order chi connectivity index (χ1) is 15.3. The van der Waals surface area contributed by atoms with Gasteiger partial charge in [0, 0.05) is 16.1 Å². The molecule has 5 rings (SSSR count). The van der Waals surface area contributed by atoms with E-state index in [1.165, 1.54) is 4.52 Å². The van der Waals surface area contributed by atoms with Crippen molar-refractivity contribution >= 4 is 49.5 Å². The lowest BCUT2D eigenvalue weighted by Gasteiger charge is -2.11. The van der Waals surface area contributed by atoms with Crippen LogP contribution in [0.25, 0.3) is 16.6 Å². The van der Waals surface area contributed by atoms with Crippen molar-refractivity contribution < 1.29 is 8.42 Å². The van der Waals surface area contributed by atoms with Gasteiger partial charge in [-0.3, -0.25) is 0 Å². The summed E-state index contributed by atoms with van der Waals surface area (Å²) in [5.41, 5.74) is 3.08. The molecule has 160 valence electrons. The van der Waals surface area contributed by atoms with Crippen LogP contribution in [-0.4, -0.2) is 28.2 Å². The average Bonchev–Trinajstić information content (AvgIpc) is 3.22. The van der Waals surface area contributed by atoms with Gasteiger partial charge in [-0.2, -0.15) is 4.52 Å². The predicted molar refractivity (Wildman–Crippen MR) is 124 cm³/mol. The first-order valence-electron chi connectivity index (χ1n) is 9.84. The molecule has 9 heteroatoms. The first-order valence-corrected chi connectivity index (χ1v) is 11.7. The van der Waals surface area contributed by atoms with Crippen LogP contribution in [0.4, 0.5) is 11.5 Å². The zero-order chi connectivity index (χ0) is 22.5. The van der Waals surface area contributed by atoms with Gasteiger partial charge in [0.25, 0.3) is 0 Å². The second kappa shape index (κ2) is 7.58. The van der Waals surface area contributed by atoms with Crippen molar-refractivity contribution in [3.05, 3.63) is 82.9 Å². The number of nitrogens with one attached hydrogen (secondary N) is 1. The summed E-state index contributed by atoms with van der Waals surface area (Å²) >= 11 is 6.00. The summed E-state index contributed by atoms with van der Waals surface area (Å²) in [7, 11) is -3.94. The van der Waals surface area contributed by atoms with Crippen molar-refractivity contribution in [1.82, 2.24) is 19.8 Å². The quantitative estimate of drug-likeness (QED) is 0.397. The van der Waals surface area contributed by atoms with Crippen molar-refractivity contribution in [3.8, 4) is 0 Å². The van der Waals surface area contributed by atoms with Crippen molar-refractivity contribution in [2.45, 2.75) is 23.8 Å². The molecule has 0 atom stereocenters. The fraction of sp³-hybridized carbons (Fsp3) is 0.0870. The number of halogens is 1. The lowest BCUT2D eigenvalue weighted by Crippen LogP contribution is -2.07. The molecule has 0 radical (unpaired) electrons. The Balaban J connectivity index is 1.75. The largest absolute Gasteiger partial charge is 0.340 e. The SMILES string of the molecule is Cc1ccc(C)c(S(=O)(=O)c2nnn3c2nc(Nc2ccc(Cl)cc2)c2ccccc23)c1. The van der Waals surface area contributed by atoms with E-state index in [1.807, 2.05) is 49.4 Å². The molecule has 0 aliphatic carbocycles. The minimum atomic E-state index is -3.94. The molecule has 2 aromatic heterocycles. The van der Waals surface area contributed by atoms with Crippen LogP contribution in [0.15, 0.2) is 76.7 Å². The molecule has 7 nitrogen and oxygen atoms in total. The topological polar surface area (TPSA) is 89.2 Å². The normalized spacial score (nSPS) is 11.8. The third-order valence-electron chi connectivity index (χ3n) is 5.22. The third-order valence-corrected chi connectivity index (χ3v) is 7.26. The van der Waals surface area contributed by atoms with Gasteiger partial charge in [-0.1, -0.05) is 41.1 Å². The molecular formula is C23H18ClN5O2S. The maximum absolute atomic E-state index is 13.5. The molecule has 1 N–H and O–H groups in total. The van der Waals surface area contributed by atoms with Gasteiger partial charge in [-0.15, -0.1) is 5.10 Å². The number of benzene rings is 3. The Kier molecular flexibility index (Phi) is 4.83. The zero-order valence-electron chi connectivity index (χ0n) is 17.2. The van der Waals surface area contributed by atoms with Gasteiger partial charge in [-0.05, 0) is 67.4 Å². The van der Waals surface area contributed by atoms with E-state index in [0.717, 1.165) is 16.6 Å². The molecule has 5 aromatic rings. The number of fused-ring (bicyclic) bond motifs is 3. The van der Waals surface area contributed by atoms with Crippen LogP contribution in [0.2, 0.25) is 5.02 Å². The third kappa shape index (κ3) is 3.37. The van der Waals surface area contributed by atoms with Gasteiger partial charge in [0.2, 0.25) is 14.9 Å². The van der Waals surface area contributed by atoms with Gasteiger partial charge < -0.3 is 5.32 Å². The second-order valence-electron chi connectivity index (χ2n) is 7.51.